The fourth-order valence-electron chi connectivity index (χ4n) is 1.14. The van der Waals surface area contributed by atoms with E-state index >= 15 is 0 Å². The van der Waals surface area contributed by atoms with Gasteiger partial charge < -0.3 is 10.4 Å². The zero-order chi connectivity index (χ0) is 10.6. The summed E-state index contributed by atoms with van der Waals surface area (Å²) in [7, 11) is 0. The molecule has 2 nitrogen and oxygen atoms in total. The van der Waals surface area contributed by atoms with Gasteiger partial charge in [-0.2, -0.15) is 0 Å². The monoisotopic (exact) mass is 201 g/mol. The highest BCUT2D eigenvalue weighted by atomic mass is 19.1. The molecule has 0 saturated heterocycles. The lowest BCUT2D eigenvalue weighted by Gasteiger charge is -2.06. The summed E-state index contributed by atoms with van der Waals surface area (Å²) < 4.78 is 25.4. The van der Waals surface area contributed by atoms with Crippen molar-refractivity contribution in [2.24, 2.45) is 0 Å². The van der Waals surface area contributed by atoms with Crippen LogP contribution >= 0.6 is 0 Å². The fraction of sp³-hybridized carbons (Fsp3) is 0.400. The summed E-state index contributed by atoms with van der Waals surface area (Å²) in [5, 5.41) is 11.8. The van der Waals surface area contributed by atoms with Gasteiger partial charge in [0.15, 0.2) is 0 Å². The first kappa shape index (κ1) is 11.1. The van der Waals surface area contributed by atoms with Crippen LogP contribution in [0.4, 0.5) is 8.78 Å². The number of aliphatic hydroxyl groups is 1. The molecule has 2 N–H and O–H groups in total. The molecule has 0 bridgehead atoms. The smallest absolute Gasteiger partial charge is 0.126 e. The van der Waals surface area contributed by atoms with E-state index < -0.39 is 17.7 Å². The van der Waals surface area contributed by atoms with Gasteiger partial charge in [0, 0.05) is 19.2 Å². The van der Waals surface area contributed by atoms with Gasteiger partial charge in [-0.25, -0.2) is 8.78 Å². The van der Waals surface area contributed by atoms with Gasteiger partial charge in [0.1, 0.15) is 11.6 Å². The molecule has 0 aliphatic carbocycles. The number of hydrogen-bond donors (Lipinski definition) is 2. The van der Waals surface area contributed by atoms with Crippen molar-refractivity contribution in [1.29, 1.82) is 0 Å². The number of rotatable bonds is 4. The van der Waals surface area contributed by atoms with E-state index in [4.69, 9.17) is 5.11 Å². The van der Waals surface area contributed by atoms with Gasteiger partial charge in [0.25, 0.3) is 0 Å². The number of hydrogen-bond acceptors (Lipinski definition) is 2. The number of halogens is 2. The molecule has 0 unspecified atom stereocenters. The van der Waals surface area contributed by atoms with E-state index in [1.165, 1.54) is 12.1 Å². The van der Waals surface area contributed by atoms with Crippen molar-refractivity contribution in [2.75, 3.05) is 6.54 Å². The predicted molar refractivity (Wildman–Crippen MR) is 49.7 cm³/mol. The summed E-state index contributed by atoms with van der Waals surface area (Å²) >= 11 is 0. The van der Waals surface area contributed by atoms with Gasteiger partial charge in [-0.15, -0.1) is 0 Å². The van der Waals surface area contributed by atoms with Crippen LogP contribution in [0.2, 0.25) is 0 Å². The van der Waals surface area contributed by atoms with Gasteiger partial charge >= 0.3 is 0 Å². The summed E-state index contributed by atoms with van der Waals surface area (Å²) in [6.45, 7) is 2.39. The summed E-state index contributed by atoms with van der Waals surface area (Å²) in [5.74, 6) is -1.17. The SMILES string of the molecule is C[C@H](O)CNCc1cc(F)cc(F)c1. The molecule has 0 aromatic heterocycles. The average Bonchev–Trinajstić information content (AvgIpc) is 2.01. The molecule has 14 heavy (non-hydrogen) atoms. The van der Waals surface area contributed by atoms with E-state index in [9.17, 15) is 8.78 Å². The molecule has 0 spiro atoms. The number of nitrogens with one attached hydrogen (secondary N) is 1. The first-order chi connectivity index (χ1) is 6.58. The lowest BCUT2D eigenvalue weighted by atomic mass is 10.2. The molecule has 1 atom stereocenters. The van der Waals surface area contributed by atoms with Crippen molar-refractivity contribution >= 4 is 0 Å². The van der Waals surface area contributed by atoms with Crippen molar-refractivity contribution in [3.05, 3.63) is 35.4 Å². The Bertz CT molecular complexity index is 282. The Kier molecular flexibility index (Phi) is 3.98. The molecular weight excluding hydrogens is 188 g/mol. The second-order valence-electron chi connectivity index (χ2n) is 3.26. The third-order valence-corrected chi connectivity index (χ3v) is 1.69. The molecule has 1 aromatic carbocycles. The number of benzene rings is 1. The van der Waals surface area contributed by atoms with Gasteiger partial charge in [0.2, 0.25) is 0 Å². The van der Waals surface area contributed by atoms with Crippen LogP contribution < -0.4 is 5.32 Å². The predicted octanol–water partition coefficient (Wildman–Crippen LogP) is 1.44. The molecule has 78 valence electrons. The molecule has 0 aliphatic heterocycles. The van der Waals surface area contributed by atoms with Crippen LogP contribution in [0, 0.1) is 11.6 Å². The van der Waals surface area contributed by atoms with Gasteiger partial charge in [-0.3, -0.25) is 0 Å². The first-order valence-electron chi connectivity index (χ1n) is 4.41. The second-order valence-corrected chi connectivity index (χ2v) is 3.26. The van der Waals surface area contributed by atoms with E-state index in [0.29, 0.717) is 18.7 Å². The Balaban J connectivity index is 2.50. The maximum Gasteiger partial charge on any atom is 0.126 e. The van der Waals surface area contributed by atoms with E-state index in [0.717, 1.165) is 6.07 Å². The van der Waals surface area contributed by atoms with Crippen LogP contribution in [0.15, 0.2) is 18.2 Å². The average molecular weight is 201 g/mol. The lowest BCUT2D eigenvalue weighted by molar-refractivity contribution is 0.191. The van der Waals surface area contributed by atoms with Gasteiger partial charge in [-0.1, -0.05) is 0 Å². The highest BCUT2D eigenvalue weighted by Gasteiger charge is 2.00. The minimum atomic E-state index is -0.584. The van der Waals surface area contributed by atoms with Crippen molar-refractivity contribution in [1.82, 2.24) is 5.32 Å². The third kappa shape index (κ3) is 3.81. The van der Waals surface area contributed by atoms with Crippen LogP contribution in [-0.4, -0.2) is 17.8 Å². The Morgan fingerprint density at radius 1 is 1.29 bits per heavy atom. The van der Waals surface area contributed by atoms with E-state index in [1.807, 2.05) is 0 Å². The highest BCUT2D eigenvalue weighted by molar-refractivity contribution is 5.17. The Labute approximate surface area is 81.6 Å². The zero-order valence-electron chi connectivity index (χ0n) is 7.93. The maximum absolute atomic E-state index is 12.7. The van der Waals surface area contributed by atoms with Crippen LogP contribution in [0.5, 0.6) is 0 Å². The van der Waals surface area contributed by atoms with Crippen LogP contribution in [-0.2, 0) is 6.54 Å². The Morgan fingerprint density at radius 2 is 1.86 bits per heavy atom. The minimum Gasteiger partial charge on any atom is -0.392 e. The summed E-state index contributed by atoms with van der Waals surface area (Å²) in [6, 6.07) is 3.36. The lowest BCUT2D eigenvalue weighted by Crippen LogP contribution is -2.23. The van der Waals surface area contributed by atoms with Crippen LogP contribution in [0.3, 0.4) is 0 Å². The molecule has 0 radical (unpaired) electrons. The minimum absolute atomic E-state index is 0.347. The molecular formula is C10H13F2NO. The van der Waals surface area contributed by atoms with Crippen molar-refractivity contribution in [3.8, 4) is 0 Å². The van der Waals surface area contributed by atoms with Crippen LogP contribution in [0.1, 0.15) is 12.5 Å². The molecule has 1 aromatic rings. The zero-order valence-corrected chi connectivity index (χ0v) is 7.93. The van der Waals surface area contributed by atoms with Crippen molar-refractivity contribution < 1.29 is 13.9 Å². The summed E-state index contributed by atoms with van der Waals surface area (Å²) in [4.78, 5) is 0. The molecule has 0 heterocycles. The molecule has 0 amide bonds. The quantitative estimate of drug-likeness (QED) is 0.772. The maximum atomic E-state index is 12.7. The van der Waals surface area contributed by atoms with Gasteiger partial charge in [-0.05, 0) is 24.6 Å². The van der Waals surface area contributed by atoms with Gasteiger partial charge in [0.05, 0.1) is 6.10 Å². The normalized spacial score (nSPS) is 12.9. The fourth-order valence-corrected chi connectivity index (χ4v) is 1.14. The Hall–Kier alpha value is -1.00. The molecule has 4 heteroatoms. The number of aliphatic hydroxyl groups excluding tert-OH is 1. The summed E-state index contributed by atoms with van der Waals surface area (Å²) in [5.41, 5.74) is 0.531. The Morgan fingerprint density at radius 3 is 2.36 bits per heavy atom. The molecule has 1 rings (SSSR count). The third-order valence-electron chi connectivity index (χ3n) is 1.69. The first-order valence-corrected chi connectivity index (χ1v) is 4.41. The van der Waals surface area contributed by atoms with Crippen LogP contribution in [0.25, 0.3) is 0 Å². The molecule has 0 aliphatic rings. The topological polar surface area (TPSA) is 32.3 Å². The molecule has 0 fully saturated rings. The van der Waals surface area contributed by atoms with Crippen molar-refractivity contribution in [3.63, 3.8) is 0 Å². The molecule has 0 saturated carbocycles. The van der Waals surface area contributed by atoms with E-state index in [-0.39, 0.29) is 0 Å². The summed E-state index contributed by atoms with van der Waals surface area (Å²) in [6.07, 6.45) is -0.464. The van der Waals surface area contributed by atoms with E-state index in [2.05, 4.69) is 5.32 Å². The highest BCUT2D eigenvalue weighted by Crippen LogP contribution is 2.07. The largest absolute Gasteiger partial charge is 0.392 e. The van der Waals surface area contributed by atoms with Crippen molar-refractivity contribution in [2.45, 2.75) is 19.6 Å². The van der Waals surface area contributed by atoms with E-state index in [1.54, 1.807) is 6.92 Å². The second kappa shape index (κ2) is 5.02. The standard InChI is InChI=1S/C10H13F2NO/c1-7(14)5-13-6-8-2-9(11)4-10(12)3-8/h2-4,7,13-14H,5-6H2,1H3/t7-/m0/s1.